The Labute approximate surface area is 197 Å². The van der Waals surface area contributed by atoms with E-state index >= 15 is 0 Å². The summed E-state index contributed by atoms with van der Waals surface area (Å²) in [7, 11) is 0. The number of nitrogens with one attached hydrogen (secondary N) is 1. The van der Waals surface area contributed by atoms with E-state index in [1.165, 1.54) is 0 Å². The second kappa shape index (κ2) is 10.7. The van der Waals surface area contributed by atoms with Crippen LogP contribution < -0.4 is 5.32 Å². The molecule has 0 aliphatic carbocycles. The summed E-state index contributed by atoms with van der Waals surface area (Å²) in [4.78, 5) is 21.9. The van der Waals surface area contributed by atoms with E-state index in [-0.39, 0.29) is 18.9 Å². The van der Waals surface area contributed by atoms with Gasteiger partial charge in [-0.15, -0.1) is 0 Å². The van der Waals surface area contributed by atoms with Gasteiger partial charge >= 0.3 is 0 Å². The number of nitrogens with zero attached hydrogens (tertiary/aromatic N) is 2. The molecule has 1 amide bonds. The minimum Gasteiger partial charge on any atom is -0.392 e. The molecule has 0 atom stereocenters. The Hall–Kier alpha value is -3.80. The first kappa shape index (κ1) is 22.4. The summed E-state index contributed by atoms with van der Waals surface area (Å²) in [6, 6.07) is 24.5. The zero-order valence-electron chi connectivity index (χ0n) is 17.8. The lowest BCUT2D eigenvalue weighted by atomic mass is 10.1. The van der Waals surface area contributed by atoms with Gasteiger partial charge in [-0.1, -0.05) is 84.4 Å². The van der Waals surface area contributed by atoms with Gasteiger partial charge in [0.05, 0.1) is 24.9 Å². The molecule has 0 saturated heterocycles. The molecule has 0 aliphatic rings. The highest BCUT2D eigenvalue weighted by molar-refractivity contribution is 6.30. The highest BCUT2D eigenvalue weighted by atomic mass is 35.5. The van der Waals surface area contributed by atoms with E-state index in [1.807, 2.05) is 78.9 Å². The van der Waals surface area contributed by atoms with Crippen LogP contribution in [0.1, 0.15) is 22.4 Å². The molecule has 1 aromatic heterocycles. The monoisotopic (exact) mass is 455 g/mol. The third-order valence-corrected chi connectivity index (χ3v) is 5.25. The van der Waals surface area contributed by atoms with Crippen molar-refractivity contribution in [2.24, 2.45) is 0 Å². The Morgan fingerprint density at radius 1 is 0.909 bits per heavy atom. The Morgan fingerprint density at radius 3 is 2.30 bits per heavy atom. The van der Waals surface area contributed by atoms with Gasteiger partial charge in [-0.2, -0.15) is 0 Å². The normalized spacial score (nSPS) is 11.0. The highest BCUT2D eigenvalue weighted by Crippen LogP contribution is 2.22. The summed E-state index contributed by atoms with van der Waals surface area (Å²) in [6.07, 6.45) is 5.60. The lowest BCUT2D eigenvalue weighted by Crippen LogP contribution is -2.16. The number of rotatable bonds is 7. The quantitative estimate of drug-likeness (QED) is 0.378. The van der Waals surface area contributed by atoms with Crippen molar-refractivity contribution < 1.29 is 9.90 Å². The average Bonchev–Trinajstić information content (AvgIpc) is 2.85. The van der Waals surface area contributed by atoms with Gasteiger partial charge in [0, 0.05) is 10.6 Å². The molecule has 5 nitrogen and oxygen atoms in total. The second-order valence-electron chi connectivity index (χ2n) is 7.44. The van der Waals surface area contributed by atoms with Crippen molar-refractivity contribution in [3.8, 4) is 11.3 Å². The number of aliphatic hydroxyl groups excluding tert-OH is 1. The molecule has 0 fully saturated rings. The molecular formula is C27H22ClN3O2. The maximum Gasteiger partial charge on any atom is 0.230 e. The van der Waals surface area contributed by atoms with Crippen LogP contribution in [0.3, 0.4) is 0 Å². The van der Waals surface area contributed by atoms with Crippen LogP contribution in [-0.4, -0.2) is 21.0 Å². The molecule has 0 radical (unpaired) electrons. The Balaban J connectivity index is 1.61. The number of benzene rings is 3. The van der Waals surface area contributed by atoms with Crippen molar-refractivity contribution in [2.45, 2.75) is 13.0 Å². The molecule has 0 spiro atoms. The van der Waals surface area contributed by atoms with Crippen LogP contribution >= 0.6 is 11.6 Å². The molecule has 0 aliphatic heterocycles. The van der Waals surface area contributed by atoms with Crippen LogP contribution in [0.4, 0.5) is 5.82 Å². The molecule has 6 heteroatoms. The number of hydrogen-bond donors (Lipinski definition) is 2. The minimum atomic E-state index is -0.193. The van der Waals surface area contributed by atoms with Gasteiger partial charge in [0.25, 0.3) is 0 Å². The van der Waals surface area contributed by atoms with Crippen LogP contribution in [0, 0.1) is 0 Å². The van der Waals surface area contributed by atoms with Crippen molar-refractivity contribution >= 4 is 35.5 Å². The fraction of sp³-hybridized carbons (Fsp3) is 0.0741. The highest BCUT2D eigenvalue weighted by Gasteiger charge is 2.11. The van der Waals surface area contributed by atoms with Crippen molar-refractivity contribution in [3.63, 3.8) is 0 Å². The summed E-state index contributed by atoms with van der Waals surface area (Å²) in [6.45, 7) is -0.0182. The van der Waals surface area contributed by atoms with Crippen LogP contribution in [0.15, 0.2) is 85.1 Å². The second-order valence-corrected chi connectivity index (χ2v) is 7.88. The van der Waals surface area contributed by atoms with Gasteiger partial charge in [0.2, 0.25) is 5.91 Å². The molecule has 4 aromatic rings. The van der Waals surface area contributed by atoms with E-state index in [0.29, 0.717) is 22.2 Å². The standard InChI is InChI=1S/C27H22ClN3O2/c28-23-13-8-20(9-14-23)16-26(33)31-27-24(15-10-19-4-2-1-3-5-19)30-25(17-29-27)22-11-6-21(18-32)7-12-22/h1-15,17,32H,16,18H2,(H,29,31,33)/b15-10+. The maximum atomic E-state index is 12.7. The number of carbonyl (C=O) groups excluding carboxylic acids is 1. The molecule has 0 unspecified atom stereocenters. The number of halogens is 1. The third kappa shape index (κ3) is 6.13. The van der Waals surface area contributed by atoms with Gasteiger partial charge in [-0.25, -0.2) is 9.97 Å². The summed E-state index contributed by atoms with van der Waals surface area (Å²) in [5, 5.41) is 12.8. The van der Waals surface area contributed by atoms with Crippen LogP contribution in [-0.2, 0) is 17.8 Å². The molecule has 1 heterocycles. The van der Waals surface area contributed by atoms with Crippen molar-refractivity contribution in [3.05, 3.63) is 112 Å². The first-order valence-electron chi connectivity index (χ1n) is 10.5. The van der Waals surface area contributed by atoms with Crippen LogP contribution in [0.2, 0.25) is 5.02 Å². The SMILES string of the molecule is O=C(Cc1ccc(Cl)cc1)Nc1ncc(-c2ccc(CO)cc2)nc1/C=C/c1ccccc1. The van der Waals surface area contributed by atoms with E-state index < -0.39 is 0 Å². The van der Waals surface area contributed by atoms with E-state index in [1.54, 1.807) is 18.3 Å². The van der Waals surface area contributed by atoms with E-state index in [0.717, 1.165) is 22.3 Å². The van der Waals surface area contributed by atoms with Crippen LogP contribution in [0.25, 0.3) is 23.4 Å². The average molecular weight is 456 g/mol. The number of amides is 1. The number of aliphatic hydroxyl groups is 1. The number of hydrogen-bond acceptors (Lipinski definition) is 4. The van der Waals surface area contributed by atoms with Crippen molar-refractivity contribution in [2.75, 3.05) is 5.32 Å². The summed E-state index contributed by atoms with van der Waals surface area (Å²) in [5.74, 6) is 0.193. The van der Waals surface area contributed by atoms with E-state index in [4.69, 9.17) is 16.6 Å². The van der Waals surface area contributed by atoms with Gasteiger partial charge in [0.15, 0.2) is 5.82 Å². The maximum absolute atomic E-state index is 12.7. The lowest BCUT2D eigenvalue weighted by molar-refractivity contribution is -0.115. The summed E-state index contributed by atoms with van der Waals surface area (Å²) in [5.41, 5.74) is 4.77. The van der Waals surface area contributed by atoms with Gasteiger partial charge < -0.3 is 10.4 Å². The Morgan fingerprint density at radius 2 is 1.61 bits per heavy atom. The summed E-state index contributed by atoms with van der Waals surface area (Å²) < 4.78 is 0. The van der Waals surface area contributed by atoms with Crippen molar-refractivity contribution in [1.82, 2.24) is 9.97 Å². The van der Waals surface area contributed by atoms with Gasteiger partial charge in [-0.05, 0) is 34.9 Å². The number of anilines is 1. The topological polar surface area (TPSA) is 75.1 Å². The molecule has 33 heavy (non-hydrogen) atoms. The molecular weight excluding hydrogens is 434 g/mol. The van der Waals surface area contributed by atoms with Crippen molar-refractivity contribution in [1.29, 1.82) is 0 Å². The van der Waals surface area contributed by atoms with E-state index in [9.17, 15) is 9.90 Å². The number of carbonyl (C=O) groups is 1. The van der Waals surface area contributed by atoms with Crippen LogP contribution in [0.5, 0.6) is 0 Å². The first-order valence-corrected chi connectivity index (χ1v) is 10.8. The minimum absolute atomic E-state index is 0.0182. The molecule has 3 aromatic carbocycles. The zero-order valence-corrected chi connectivity index (χ0v) is 18.5. The molecule has 164 valence electrons. The predicted molar refractivity (Wildman–Crippen MR) is 133 cm³/mol. The Bertz CT molecular complexity index is 1260. The fourth-order valence-corrected chi connectivity index (χ4v) is 3.37. The molecule has 4 rings (SSSR count). The smallest absolute Gasteiger partial charge is 0.230 e. The predicted octanol–water partition coefficient (Wildman–Crippen LogP) is 5.64. The summed E-state index contributed by atoms with van der Waals surface area (Å²) >= 11 is 5.93. The number of aromatic nitrogens is 2. The molecule has 0 saturated carbocycles. The zero-order chi connectivity index (χ0) is 23.0. The molecule has 0 bridgehead atoms. The first-order chi connectivity index (χ1) is 16.1. The third-order valence-electron chi connectivity index (χ3n) is 5.00. The fourth-order valence-electron chi connectivity index (χ4n) is 3.24. The van der Waals surface area contributed by atoms with Gasteiger partial charge in [0.1, 0.15) is 5.69 Å². The van der Waals surface area contributed by atoms with Gasteiger partial charge in [-0.3, -0.25) is 4.79 Å². The lowest BCUT2D eigenvalue weighted by Gasteiger charge is -2.10. The molecule has 2 N–H and O–H groups in total. The largest absolute Gasteiger partial charge is 0.392 e. The Kier molecular flexibility index (Phi) is 7.25. The van der Waals surface area contributed by atoms with E-state index in [2.05, 4.69) is 10.3 Å².